The molecule has 0 saturated heterocycles. The molecule has 7 heteroatoms. The molecule has 0 bridgehead atoms. The van der Waals surface area contributed by atoms with E-state index in [1.54, 1.807) is 24.8 Å². The number of hydrogen-bond acceptors (Lipinski definition) is 2. The number of carbonyl (C=O) groups is 2. The van der Waals surface area contributed by atoms with Crippen molar-refractivity contribution in [1.82, 2.24) is 9.88 Å². The van der Waals surface area contributed by atoms with E-state index in [0.717, 1.165) is 43.5 Å². The second kappa shape index (κ2) is 7.04. The van der Waals surface area contributed by atoms with Crippen LogP contribution in [-0.2, 0) is 12.6 Å². The Kier molecular flexibility index (Phi) is 4.79. The van der Waals surface area contributed by atoms with E-state index in [2.05, 4.69) is 4.98 Å². The lowest BCUT2D eigenvalue weighted by molar-refractivity contribution is -0.137. The number of nitrogens with zero attached hydrogens (tertiary/aromatic N) is 1. The molecule has 1 aromatic carbocycles. The SMILES string of the molecule is Cc1c(C(=O)N(C2CC2)C(C)c2cccc(C(F)(F)F)c2)[nH]c2c1C(=O)CCC2. The van der Waals surface area contributed by atoms with Crippen LogP contribution in [0.2, 0.25) is 0 Å². The van der Waals surface area contributed by atoms with Crippen LogP contribution in [0.4, 0.5) is 13.2 Å². The molecule has 1 aromatic heterocycles. The fourth-order valence-corrected chi connectivity index (χ4v) is 4.26. The molecule has 2 aliphatic carbocycles. The van der Waals surface area contributed by atoms with Gasteiger partial charge in [0.15, 0.2) is 5.78 Å². The molecular weight excluding hydrogens is 381 g/mol. The van der Waals surface area contributed by atoms with Crippen molar-refractivity contribution < 1.29 is 22.8 Å². The minimum absolute atomic E-state index is 0.00229. The molecule has 1 N–H and O–H groups in total. The number of aromatic amines is 1. The van der Waals surface area contributed by atoms with E-state index >= 15 is 0 Å². The summed E-state index contributed by atoms with van der Waals surface area (Å²) in [5, 5.41) is 0. The van der Waals surface area contributed by atoms with Gasteiger partial charge in [0.1, 0.15) is 5.69 Å². The Hall–Kier alpha value is -2.57. The van der Waals surface area contributed by atoms with E-state index < -0.39 is 17.8 Å². The normalized spacial score (nSPS) is 17.8. The first-order valence-electron chi connectivity index (χ1n) is 9.93. The lowest BCUT2D eigenvalue weighted by Crippen LogP contribution is -2.36. The third-order valence-corrected chi connectivity index (χ3v) is 5.94. The molecule has 29 heavy (non-hydrogen) atoms. The third-order valence-electron chi connectivity index (χ3n) is 5.94. The molecule has 1 amide bonds. The van der Waals surface area contributed by atoms with Crippen molar-refractivity contribution in [2.45, 2.75) is 64.2 Å². The number of aryl methyl sites for hydroxylation is 1. The Morgan fingerprint density at radius 2 is 1.97 bits per heavy atom. The zero-order valence-corrected chi connectivity index (χ0v) is 16.4. The Labute approximate surface area is 167 Å². The van der Waals surface area contributed by atoms with Gasteiger partial charge in [-0.05, 0) is 62.8 Å². The number of ketones is 1. The zero-order chi connectivity index (χ0) is 20.9. The zero-order valence-electron chi connectivity index (χ0n) is 16.4. The van der Waals surface area contributed by atoms with Crippen LogP contribution in [0.1, 0.15) is 81.9 Å². The first kappa shape index (κ1) is 19.7. The monoisotopic (exact) mass is 404 g/mol. The molecule has 0 spiro atoms. The van der Waals surface area contributed by atoms with Gasteiger partial charge in [-0.25, -0.2) is 0 Å². The molecule has 0 aliphatic heterocycles. The Balaban J connectivity index is 1.69. The minimum atomic E-state index is -4.43. The molecule has 1 saturated carbocycles. The molecule has 4 nitrogen and oxygen atoms in total. The van der Waals surface area contributed by atoms with Crippen molar-refractivity contribution in [2.75, 3.05) is 0 Å². The highest BCUT2D eigenvalue weighted by molar-refractivity contribution is 6.04. The van der Waals surface area contributed by atoms with Crippen molar-refractivity contribution in [3.05, 3.63) is 57.9 Å². The molecule has 2 aromatic rings. The van der Waals surface area contributed by atoms with Gasteiger partial charge in [-0.3, -0.25) is 9.59 Å². The number of rotatable bonds is 4. The summed E-state index contributed by atoms with van der Waals surface area (Å²) in [4.78, 5) is 30.5. The largest absolute Gasteiger partial charge is 0.416 e. The van der Waals surface area contributed by atoms with Crippen LogP contribution in [-0.4, -0.2) is 27.6 Å². The summed E-state index contributed by atoms with van der Waals surface area (Å²) in [5.74, 6) is -0.208. The number of amides is 1. The highest BCUT2D eigenvalue weighted by atomic mass is 19.4. The highest BCUT2D eigenvalue weighted by Gasteiger charge is 2.39. The maximum Gasteiger partial charge on any atom is 0.416 e. The molecule has 1 unspecified atom stereocenters. The first-order valence-corrected chi connectivity index (χ1v) is 9.93. The van der Waals surface area contributed by atoms with Gasteiger partial charge in [-0.15, -0.1) is 0 Å². The van der Waals surface area contributed by atoms with Crippen LogP contribution >= 0.6 is 0 Å². The van der Waals surface area contributed by atoms with Gasteiger partial charge < -0.3 is 9.88 Å². The number of fused-ring (bicyclic) bond motifs is 1. The Morgan fingerprint density at radius 1 is 1.24 bits per heavy atom. The Morgan fingerprint density at radius 3 is 2.59 bits per heavy atom. The number of nitrogens with one attached hydrogen (secondary N) is 1. The Bertz CT molecular complexity index is 973. The molecule has 2 aliphatic rings. The smallest absolute Gasteiger partial charge is 0.354 e. The number of aromatic nitrogens is 1. The predicted molar refractivity (Wildman–Crippen MR) is 102 cm³/mol. The second-order valence-corrected chi connectivity index (χ2v) is 8.00. The lowest BCUT2D eigenvalue weighted by atomic mass is 9.93. The summed E-state index contributed by atoms with van der Waals surface area (Å²) >= 11 is 0. The quantitative estimate of drug-likeness (QED) is 0.759. The van der Waals surface area contributed by atoms with E-state index in [1.807, 2.05) is 0 Å². The number of hydrogen-bond donors (Lipinski definition) is 1. The highest BCUT2D eigenvalue weighted by Crippen LogP contribution is 2.38. The molecule has 1 fully saturated rings. The van der Waals surface area contributed by atoms with E-state index in [1.165, 1.54) is 6.07 Å². The lowest BCUT2D eigenvalue weighted by Gasteiger charge is -2.30. The van der Waals surface area contributed by atoms with Crippen LogP contribution in [0.15, 0.2) is 24.3 Å². The number of Topliss-reactive ketones (excluding diaryl/α,β-unsaturated/α-hetero) is 1. The van der Waals surface area contributed by atoms with Crippen molar-refractivity contribution in [3.8, 4) is 0 Å². The number of benzene rings is 1. The van der Waals surface area contributed by atoms with Gasteiger partial charge in [0.25, 0.3) is 5.91 Å². The van der Waals surface area contributed by atoms with Crippen molar-refractivity contribution >= 4 is 11.7 Å². The minimum Gasteiger partial charge on any atom is -0.354 e. The second-order valence-electron chi connectivity index (χ2n) is 8.00. The van der Waals surface area contributed by atoms with Crippen LogP contribution in [0.3, 0.4) is 0 Å². The average Bonchev–Trinajstić information content (AvgIpc) is 3.44. The van der Waals surface area contributed by atoms with Crippen LogP contribution in [0.5, 0.6) is 0 Å². The van der Waals surface area contributed by atoms with Crippen LogP contribution in [0, 0.1) is 6.92 Å². The third kappa shape index (κ3) is 3.58. The summed E-state index contributed by atoms with van der Waals surface area (Å²) in [5.41, 5.74) is 2.17. The fourth-order valence-electron chi connectivity index (χ4n) is 4.26. The van der Waals surface area contributed by atoms with E-state index in [4.69, 9.17) is 0 Å². The van der Waals surface area contributed by atoms with E-state index in [0.29, 0.717) is 28.8 Å². The molecule has 154 valence electrons. The fraction of sp³-hybridized carbons (Fsp3) is 0.455. The van der Waals surface area contributed by atoms with Crippen molar-refractivity contribution in [1.29, 1.82) is 0 Å². The van der Waals surface area contributed by atoms with Gasteiger partial charge in [-0.2, -0.15) is 13.2 Å². The van der Waals surface area contributed by atoms with Crippen LogP contribution < -0.4 is 0 Å². The molecule has 1 atom stereocenters. The number of carbonyl (C=O) groups excluding carboxylic acids is 2. The molecule has 1 heterocycles. The summed E-state index contributed by atoms with van der Waals surface area (Å²) < 4.78 is 39.4. The van der Waals surface area contributed by atoms with E-state index in [9.17, 15) is 22.8 Å². The maximum absolute atomic E-state index is 13.4. The maximum atomic E-state index is 13.4. The summed E-state index contributed by atoms with van der Waals surface area (Å²) in [6.45, 7) is 3.53. The number of halogens is 3. The van der Waals surface area contributed by atoms with E-state index in [-0.39, 0.29) is 17.7 Å². The van der Waals surface area contributed by atoms with Crippen LogP contribution in [0.25, 0.3) is 0 Å². The van der Waals surface area contributed by atoms with Gasteiger partial charge in [0.2, 0.25) is 0 Å². The molecular formula is C22H23F3N2O2. The van der Waals surface area contributed by atoms with Gasteiger partial charge in [-0.1, -0.05) is 12.1 Å². The van der Waals surface area contributed by atoms with Gasteiger partial charge >= 0.3 is 6.18 Å². The number of alkyl halides is 3. The predicted octanol–water partition coefficient (Wildman–Crippen LogP) is 5.23. The number of H-pyrrole nitrogens is 1. The topological polar surface area (TPSA) is 53.2 Å². The molecule has 0 radical (unpaired) electrons. The average molecular weight is 404 g/mol. The van der Waals surface area contributed by atoms with Crippen molar-refractivity contribution in [3.63, 3.8) is 0 Å². The van der Waals surface area contributed by atoms with Gasteiger partial charge in [0.05, 0.1) is 11.6 Å². The van der Waals surface area contributed by atoms with Gasteiger partial charge in [0, 0.05) is 23.7 Å². The first-order chi connectivity index (χ1) is 13.7. The standard InChI is InChI=1S/C22H23F3N2O2/c1-12-19-17(7-4-8-18(19)28)26-20(12)21(29)27(16-9-10-16)13(2)14-5-3-6-15(11-14)22(23,24)25/h3,5-6,11,13,16,26H,4,7-10H2,1-2H3. The van der Waals surface area contributed by atoms with Crippen molar-refractivity contribution in [2.24, 2.45) is 0 Å². The molecule has 4 rings (SSSR count). The summed E-state index contributed by atoms with van der Waals surface area (Å²) in [6.07, 6.45) is -0.818. The summed E-state index contributed by atoms with van der Waals surface area (Å²) in [6, 6.07) is 4.65. The summed E-state index contributed by atoms with van der Waals surface area (Å²) in [7, 11) is 0.